The summed E-state index contributed by atoms with van der Waals surface area (Å²) in [5.41, 5.74) is 2.70. The Kier molecular flexibility index (Phi) is 4.29. The number of ketones is 1. The number of nitrogens with zero attached hydrogens (tertiary/aromatic N) is 3. The molecule has 3 aromatic rings. The third kappa shape index (κ3) is 2.63. The average molecular weight is 332 g/mol. The highest BCUT2D eigenvalue weighted by molar-refractivity contribution is 5.96. The minimum atomic E-state index is 0. The molecule has 0 saturated carbocycles. The number of aromatic nitrogens is 3. The van der Waals surface area contributed by atoms with Crippen LogP contribution in [0.5, 0.6) is 0 Å². The Bertz CT molecular complexity index is 737. The fourth-order valence-electron chi connectivity index (χ4n) is 2.18. The van der Waals surface area contributed by atoms with Gasteiger partial charge in [-0.2, -0.15) is 0 Å². The predicted octanol–water partition coefficient (Wildman–Crippen LogP) is -1.25. The molecule has 0 aliphatic carbocycles. The van der Waals surface area contributed by atoms with Gasteiger partial charge in [-0.15, -0.1) is 9.36 Å². The molecule has 5 heteroatoms. The molecule has 0 spiro atoms. The molecule has 0 amide bonds. The molecular formula is C15H14BrN3O. The van der Waals surface area contributed by atoms with Crippen molar-refractivity contribution in [2.45, 2.75) is 6.54 Å². The SMILES string of the molecule is C[n+]1nn(CC(=O)c2ccccc2)c2ccccc21.[Br-]. The highest BCUT2D eigenvalue weighted by Gasteiger charge is 2.18. The lowest BCUT2D eigenvalue weighted by atomic mass is 10.1. The molecule has 102 valence electrons. The molecule has 0 atom stereocenters. The van der Waals surface area contributed by atoms with Gasteiger partial charge in [0.05, 0.1) is 5.21 Å². The number of rotatable bonds is 3. The van der Waals surface area contributed by atoms with Gasteiger partial charge in [0.25, 0.3) is 0 Å². The average Bonchev–Trinajstić information content (AvgIpc) is 2.77. The van der Waals surface area contributed by atoms with E-state index in [4.69, 9.17) is 0 Å². The summed E-state index contributed by atoms with van der Waals surface area (Å²) in [5.74, 6) is 0.0643. The number of halogens is 1. The molecule has 0 unspecified atom stereocenters. The molecule has 0 fully saturated rings. The summed E-state index contributed by atoms with van der Waals surface area (Å²) in [6.07, 6.45) is 0. The summed E-state index contributed by atoms with van der Waals surface area (Å²) in [5, 5.41) is 4.37. The summed E-state index contributed by atoms with van der Waals surface area (Å²) in [6, 6.07) is 17.2. The Hall–Kier alpha value is -2.01. The Labute approximate surface area is 127 Å². The van der Waals surface area contributed by atoms with Crippen molar-refractivity contribution >= 4 is 16.8 Å². The molecular weight excluding hydrogens is 318 g/mol. The summed E-state index contributed by atoms with van der Waals surface area (Å²) >= 11 is 0. The van der Waals surface area contributed by atoms with Crippen LogP contribution in [0.15, 0.2) is 54.6 Å². The van der Waals surface area contributed by atoms with E-state index in [1.54, 1.807) is 9.36 Å². The fraction of sp³-hybridized carbons (Fsp3) is 0.133. The van der Waals surface area contributed by atoms with Crippen molar-refractivity contribution in [3.8, 4) is 0 Å². The van der Waals surface area contributed by atoms with Gasteiger partial charge in [0.15, 0.2) is 17.6 Å². The van der Waals surface area contributed by atoms with Crippen molar-refractivity contribution in [1.82, 2.24) is 9.90 Å². The van der Waals surface area contributed by atoms with Gasteiger partial charge in [-0.3, -0.25) is 4.79 Å². The number of hydrogen-bond acceptors (Lipinski definition) is 2. The van der Waals surface area contributed by atoms with Crippen LogP contribution in [0, 0.1) is 0 Å². The monoisotopic (exact) mass is 331 g/mol. The van der Waals surface area contributed by atoms with Crippen molar-refractivity contribution in [3.05, 3.63) is 60.2 Å². The largest absolute Gasteiger partial charge is 1.00 e. The maximum Gasteiger partial charge on any atom is 0.206 e. The highest BCUT2D eigenvalue weighted by Crippen LogP contribution is 2.09. The normalized spacial score (nSPS) is 10.2. The zero-order chi connectivity index (χ0) is 13.2. The van der Waals surface area contributed by atoms with Gasteiger partial charge >= 0.3 is 0 Å². The Morgan fingerprint density at radius 1 is 1.10 bits per heavy atom. The van der Waals surface area contributed by atoms with Crippen molar-refractivity contribution in [2.24, 2.45) is 7.05 Å². The predicted molar refractivity (Wildman–Crippen MR) is 71.7 cm³/mol. The smallest absolute Gasteiger partial charge is 0.206 e. The Balaban J connectivity index is 0.00000147. The lowest BCUT2D eigenvalue weighted by Gasteiger charge is -1.96. The van der Waals surface area contributed by atoms with Gasteiger partial charge in [-0.05, 0) is 12.1 Å². The van der Waals surface area contributed by atoms with Gasteiger partial charge < -0.3 is 17.0 Å². The number of Topliss-reactive ketones (excluding diaryl/α,β-unsaturated/α-hetero) is 1. The minimum absolute atomic E-state index is 0. The molecule has 0 saturated heterocycles. The minimum Gasteiger partial charge on any atom is -1.00 e. The number of fused-ring (bicyclic) bond motifs is 1. The maximum atomic E-state index is 12.2. The van der Waals surface area contributed by atoms with E-state index >= 15 is 0 Å². The lowest BCUT2D eigenvalue weighted by Crippen LogP contribution is -3.00. The molecule has 20 heavy (non-hydrogen) atoms. The molecule has 4 nitrogen and oxygen atoms in total. The van der Waals surface area contributed by atoms with Crippen molar-refractivity contribution in [2.75, 3.05) is 0 Å². The summed E-state index contributed by atoms with van der Waals surface area (Å²) in [7, 11) is 1.88. The topological polar surface area (TPSA) is 38.8 Å². The summed E-state index contributed by atoms with van der Waals surface area (Å²) in [6.45, 7) is 0.255. The van der Waals surface area contributed by atoms with Crippen molar-refractivity contribution in [3.63, 3.8) is 0 Å². The fourth-order valence-corrected chi connectivity index (χ4v) is 2.18. The second kappa shape index (κ2) is 5.96. The van der Waals surface area contributed by atoms with E-state index in [0.717, 1.165) is 11.0 Å². The van der Waals surface area contributed by atoms with Crippen LogP contribution in [0.3, 0.4) is 0 Å². The van der Waals surface area contributed by atoms with Crippen LogP contribution < -0.4 is 21.7 Å². The van der Waals surface area contributed by atoms with E-state index in [1.807, 2.05) is 61.6 Å². The zero-order valence-electron chi connectivity index (χ0n) is 11.0. The highest BCUT2D eigenvalue weighted by atomic mass is 79.9. The summed E-state index contributed by atoms with van der Waals surface area (Å²) < 4.78 is 3.53. The van der Waals surface area contributed by atoms with E-state index in [-0.39, 0.29) is 29.3 Å². The molecule has 2 aromatic carbocycles. The molecule has 0 bridgehead atoms. The number of hydrogen-bond donors (Lipinski definition) is 0. The second-order valence-corrected chi connectivity index (χ2v) is 4.45. The van der Waals surface area contributed by atoms with Crippen LogP contribution in [-0.2, 0) is 13.6 Å². The van der Waals surface area contributed by atoms with Crippen LogP contribution in [0.2, 0.25) is 0 Å². The van der Waals surface area contributed by atoms with Gasteiger partial charge in [-0.25, -0.2) is 0 Å². The first-order valence-electron chi connectivity index (χ1n) is 6.16. The van der Waals surface area contributed by atoms with Crippen molar-refractivity contribution < 1.29 is 26.5 Å². The van der Waals surface area contributed by atoms with Crippen LogP contribution in [0.1, 0.15) is 10.4 Å². The number of aryl methyl sites for hydroxylation is 1. The number of para-hydroxylation sites is 2. The zero-order valence-corrected chi connectivity index (χ0v) is 12.6. The molecule has 0 radical (unpaired) electrons. The first-order valence-corrected chi connectivity index (χ1v) is 6.16. The molecule has 0 N–H and O–H groups in total. The first-order chi connectivity index (χ1) is 9.25. The van der Waals surface area contributed by atoms with E-state index in [9.17, 15) is 4.79 Å². The Morgan fingerprint density at radius 2 is 1.75 bits per heavy atom. The standard InChI is InChI=1S/C15H14N3O.BrH/c1-17-13-9-5-6-10-14(13)18(16-17)11-15(19)12-7-3-2-4-8-12;/h2-10H,11H2,1H3;1H/q+1;/p-1. The van der Waals surface area contributed by atoms with E-state index < -0.39 is 0 Å². The van der Waals surface area contributed by atoms with Gasteiger partial charge in [0.1, 0.15) is 7.05 Å². The first kappa shape index (κ1) is 14.4. The molecule has 0 aliphatic heterocycles. The van der Waals surface area contributed by atoms with Crippen LogP contribution in [0.25, 0.3) is 11.0 Å². The quantitative estimate of drug-likeness (QED) is 0.444. The molecule has 0 aliphatic rings. The molecule has 3 rings (SSSR count). The second-order valence-electron chi connectivity index (χ2n) is 4.45. The third-order valence-electron chi connectivity index (χ3n) is 3.14. The van der Waals surface area contributed by atoms with Crippen LogP contribution in [-0.4, -0.2) is 15.7 Å². The Morgan fingerprint density at radius 3 is 2.50 bits per heavy atom. The lowest BCUT2D eigenvalue weighted by molar-refractivity contribution is -0.709. The van der Waals surface area contributed by atoms with E-state index in [1.165, 1.54) is 0 Å². The number of carbonyl (C=O) groups excluding carboxylic acids is 1. The third-order valence-corrected chi connectivity index (χ3v) is 3.14. The van der Waals surface area contributed by atoms with Crippen LogP contribution >= 0.6 is 0 Å². The van der Waals surface area contributed by atoms with Gasteiger partial charge in [0, 0.05) is 5.56 Å². The van der Waals surface area contributed by atoms with Gasteiger partial charge in [0.2, 0.25) is 5.78 Å². The van der Waals surface area contributed by atoms with Crippen molar-refractivity contribution in [1.29, 1.82) is 0 Å². The molecule has 1 aromatic heterocycles. The van der Waals surface area contributed by atoms with Gasteiger partial charge in [-0.1, -0.05) is 42.5 Å². The van der Waals surface area contributed by atoms with Crippen LogP contribution in [0.4, 0.5) is 0 Å². The van der Waals surface area contributed by atoms with E-state index in [2.05, 4.69) is 5.21 Å². The maximum absolute atomic E-state index is 12.2. The number of benzene rings is 2. The summed E-state index contributed by atoms with van der Waals surface area (Å²) in [4.78, 5) is 12.2. The van der Waals surface area contributed by atoms with E-state index in [0.29, 0.717) is 5.56 Å². The number of carbonyl (C=O) groups is 1. The molecule has 1 heterocycles.